The van der Waals surface area contributed by atoms with Crippen LogP contribution in [-0.4, -0.2) is 0 Å². The summed E-state index contributed by atoms with van der Waals surface area (Å²) >= 11 is 0. The smallest absolute Gasteiger partial charge is 0.0618 e. The normalized spacial score (nSPS) is 14.4. The molecule has 11 rings (SSSR count). The van der Waals surface area contributed by atoms with Crippen molar-refractivity contribution in [3.8, 4) is 22.3 Å². The van der Waals surface area contributed by atoms with Crippen molar-refractivity contribution >= 4 is 55.7 Å². The third kappa shape index (κ3) is 4.98. The van der Waals surface area contributed by atoms with Crippen molar-refractivity contribution in [2.24, 2.45) is 0 Å². The van der Waals surface area contributed by atoms with E-state index >= 15 is 0 Å². The lowest BCUT2D eigenvalue weighted by atomic mass is 9.72. The molecule has 1 aliphatic heterocycles. The molecule has 0 saturated heterocycles. The summed E-state index contributed by atoms with van der Waals surface area (Å²) in [5.41, 5.74) is 17.0. The Hall–Kier alpha value is -6.90. The van der Waals surface area contributed by atoms with Gasteiger partial charge in [0.2, 0.25) is 0 Å². The van der Waals surface area contributed by atoms with Crippen molar-refractivity contribution in [1.29, 1.82) is 0 Å². The van der Waals surface area contributed by atoms with Gasteiger partial charge in [-0.25, -0.2) is 0 Å². The van der Waals surface area contributed by atoms with E-state index in [2.05, 4.69) is 232 Å². The highest BCUT2D eigenvalue weighted by Crippen LogP contribution is 2.59. The summed E-state index contributed by atoms with van der Waals surface area (Å²) in [7, 11) is 0. The highest BCUT2D eigenvalue weighted by molar-refractivity contribution is 6.09. The number of nitrogens with zero attached hydrogens (tertiary/aromatic N) is 2. The van der Waals surface area contributed by atoms with Gasteiger partial charge in [-0.05, 0) is 80.6 Å². The molecule has 2 aliphatic rings. The quantitative estimate of drug-likeness (QED) is 0.173. The van der Waals surface area contributed by atoms with Crippen molar-refractivity contribution in [3.05, 3.63) is 216 Å². The summed E-state index contributed by atoms with van der Waals surface area (Å²) in [5.74, 6) is 0. The van der Waals surface area contributed by atoms with Crippen LogP contribution in [0.3, 0.4) is 0 Å². The fourth-order valence-corrected chi connectivity index (χ4v) is 10.2. The zero-order chi connectivity index (χ0) is 39.2. The predicted octanol–water partition coefficient (Wildman–Crippen LogP) is 15.5. The summed E-state index contributed by atoms with van der Waals surface area (Å²) in [4.78, 5) is 5.11. The Bertz CT molecular complexity index is 3080. The number of hydrogen-bond donors (Lipinski definition) is 0. The van der Waals surface area contributed by atoms with Crippen LogP contribution in [0.5, 0.6) is 0 Å². The molecule has 58 heavy (non-hydrogen) atoms. The van der Waals surface area contributed by atoms with E-state index in [0.717, 1.165) is 11.4 Å². The standard InChI is InChI=1S/C56H44N2/c1-55(2)46-26-13-12-25-44(46)45-35-33-40(36-48(45)55)57(49-29-16-22-37-20-8-10-23-41(37)49)51-30-17-31-52-53(51)56(3,4)47-27-14-15-28-50(47)58(52)54-42-24-11-9-21-39(42)32-34-43(54)38-18-6-5-7-19-38/h5-36H,1-4H3. The fraction of sp³-hybridized carbons (Fsp3) is 0.107. The van der Waals surface area contributed by atoms with Gasteiger partial charge in [0.05, 0.1) is 28.4 Å². The number of para-hydroxylation sites is 1. The molecular formula is C56H44N2. The molecule has 1 aliphatic carbocycles. The fourth-order valence-electron chi connectivity index (χ4n) is 10.2. The topological polar surface area (TPSA) is 6.48 Å². The van der Waals surface area contributed by atoms with Crippen LogP contribution in [0.1, 0.15) is 49.9 Å². The molecule has 278 valence electrons. The molecule has 0 unspecified atom stereocenters. The van der Waals surface area contributed by atoms with Crippen molar-refractivity contribution in [1.82, 2.24) is 0 Å². The summed E-state index contributed by atoms with van der Waals surface area (Å²) < 4.78 is 0. The third-order valence-corrected chi connectivity index (χ3v) is 13.0. The summed E-state index contributed by atoms with van der Waals surface area (Å²) in [6, 6.07) is 72.0. The van der Waals surface area contributed by atoms with E-state index < -0.39 is 0 Å². The lowest BCUT2D eigenvalue weighted by Crippen LogP contribution is -2.33. The van der Waals surface area contributed by atoms with Crippen molar-refractivity contribution in [2.45, 2.75) is 38.5 Å². The van der Waals surface area contributed by atoms with Crippen LogP contribution in [0, 0.1) is 0 Å². The molecular weight excluding hydrogens is 701 g/mol. The zero-order valence-corrected chi connectivity index (χ0v) is 33.4. The van der Waals surface area contributed by atoms with E-state index in [-0.39, 0.29) is 10.8 Å². The van der Waals surface area contributed by atoms with E-state index in [9.17, 15) is 0 Å². The average Bonchev–Trinajstić information content (AvgIpc) is 3.49. The third-order valence-electron chi connectivity index (χ3n) is 13.0. The minimum Gasteiger partial charge on any atom is -0.309 e. The van der Waals surface area contributed by atoms with Gasteiger partial charge >= 0.3 is 0 Å². The van der Waals surface area contributed by atoms with E-state index in [1.807, 2.05) is 0 Å². The van der Waals surface area contributed by atoms with Crippen LogP contribution in [0.15, 0.2) is 194 Å². The second-order valence-corrected chi connectivity index (χ2v) is 16.9. The lowest BCUT2D eigenvalue weighted by molar-refractivity contribution is 0.632. The molecule has 2 nitrogen and oxygen atoms in total. The van der Waals surface area contributed by atoms with Crippen LogP contribution < -0.4 is 9.80 Å². The van der Waals surface area contributed by atoms with Crippen molar-refractivity contribution in [3.63, 3.8) is 0 Å². The highest BCUT2D eigenvalue weighted by Gasteiger charge is 2.42. The predicted molar refractivity (Wildman–Crippen MR) is 246 cm³/mol. The summed E-state index contributed by atoms with van der Waals surface area (Å²) in [5, 5.41) is 4.88. The molecule has 9 aromatic carbocycles. The van der Waals surface area contributed by atoms with Gasteiger partial charge in [-0.2, -0.15) is 0 Å². The molecule has 0 radical (unpaired) electrons. The monoisotopic (exact) mass is 744 g/mol. The molecule has 9 aromatic rings. The van der Waals surface area contributed by atoms with Gasteiger partial charge in [-0.1, -0.05) is 185 Å². The molecule has 0 spiro atoms. The molecule has 0 N–H and O–H groups in total. The molecule has 1 heterocycles. The Kier molecular flexibility index (Phi) is 7.59. The van der Waals surface area contributed by atoms with E-state index in [4.69, 9.17) is 0 Å². The maximum absolute atomic E-state index is 2.56. The first-order chi connectivity index (χ1) is 28.3. The summed E-state index contributed by atoms with van der Waals surface area (Å²) in [6.45, 7) is 9.58. The Morgan fingerprint density at radius 2 is 0.983 bits per heavy atom. The average molecular weight is 745 g/mol. The Morgan fingerprint density at radius 3 is 1.81 bits per heavy atom. The van der Waals surface area contributed by atoms with Gasteiger partial charge in [0.1, 0.15) is 0 Å². The van der Waals surface area contributed by atoms with Crippen LogP contribution >= 0.6 is 0 Å². The maximum atomic E-state index is 2.56. The van der Waals surface area contributed by atoms with Crippen LogP contribution in [0.4, 0.5) is 34.1 Å². The highest BCUT2D eigenvalue weighted by atomic mass is 15.2. The largest absolute Gasteiger partial charge is 0.309 e. The minimum atomic E-state index is -0.356. The number of rotatable bonds is 5. The number of hydrogen-bond acceptors (Lipinski definition) is 2. The van der Waals surface area contributed by atoms with E-state index in [1.165, 1.54) is 88.8 Å². The molecule has 0 bridgehead atoms. The molecule has 0 saturated carbocycles. The van der Waals surface area contributed by atoms with Gasteiger partial charge in [0.15, 0.2) is 0 Å². The first-order valence-corrected chi connectivity index (χ1v) is 20.4. The molecule has 2 heteroatoms. The van der Waals surface area contributed by atoms with Crippen LogP contribution in [0.25, 0.3) is 43.8 Å². The van der Waals surface area contributed by atoms with E-state index in [1.54, 1.807) is 0 Å². The number of anilines is 6. The molecule has 0 atom stereocenters. The maximum Gasteiger partial charge on any atom is 0.0618 e. The molecule has 0 fully saturated rings. The van der Waals surface area contributed by atoms with Crippen LogP contribution in [-0.2, 0) is 10.8 Å². The zero-order valence-electron chi connectivity index (χ0n) is 33.4. The van der Waals surface area contributed by atoms with Gasteiger partial charge in [0.25, 0.3) is 0 Å². The second kappa shape index (κ2) is 12.8. The van der Waals surface area contributed by atoms with Gasteiger partial charge in [-0.3, -0.25) is 0 Å². The number of benzene rings is 9. The van der Waals surface area contributed by atoms with Gasteiger partial charge in [0, 0.05) is 38.4 Å². The second-order valence-electron chi connectivity index (χ2n) is 16.9. The van der Waals surface area contributed by atoms with Gasteiger partial charge in [-0.15, -0.1) is 0 Å². The van der Waals surface area contributed by atoms with Crippen molar-refractivity contribution < 1.29 is 0 Å². The molecule has 0 aromatic heterocycles. The van der Waals surface area contributed by atoms with E-state index in [0.29, 0.717) is 0 Å². The Labute approximate surface area is 341 Å². The lowest BCUT2D eigenvalue weighted by Gasteiger charge is -2.45. The first-order valence-electron chi connectivity index (χ1n) is 20.4. The SMILES string of the molecule is CC1(C)c2ccccc2-c2ccc(N(c3cccc4c3C(C)(C)c3ccccc3N4c3c(-c4ccccc4)ccc4ccccc34)c3cccc4ccccc34)cc21. The Morgan fingerprint density at radius 1 is 0.397 bits per heavy atom. The van der Waals surface area contributed by atoms with Crippen LogP contribution in [0.2, 0.25) is 0 Å². The number of fused-ring (bicyclic) bond motifs is 7. The summed E-state index contributed by atoms with van der Waals surface area (Å²) in [6.07, 6.45) is 0. The Balaban J connectivity index is 1.23. The van der Waals surface area contributed by atoms with Gasteiger partial charge < -0.3 is 9.80 Å². The molecule has 0 amide bonds. The van der Waals surface area contributed by atoms with Crippen molar-refractivity contribution in [2.75, 3.05) is 9.80 Å². The minimum absolute atomic E-state index is 0.139. The first kappa shape index (κ1) is 34.4.